The molecule has 0 saturated carbocycles. The number of H-pyrrole nitrogens is 1. The molecule has 4 heterocycles. The SMILES string of the molecule is Fc1ccc(Cn2ncc3c2CN(c2ncnc4[nH]ccc24)C3)cc1. The molecule has 0 unspecified atom stereocenters. The summed E-state index contributed by atoms with van der Waals surface area (Å²) in [6.45, 7) is 2.15. The standard InChI is InChI=1S/C18H15FN6/c19-14-3-1-12(2-4-14)8-25-16-10-24(9-13(16)7-23-25)18-15-5-6-20-17(15)21-11-22-18/h1-7,11H,8-10H2,(H,20,21,22). The van der Waals surface area contributed by atoms with Crippen LogP contribution in [0.1, 0.15) is 16.8 Å². The molecule has 4 aromatic rings. The van der Waals surface area contributed by atoms with Crippen LogP contribution in [0.2, 0.25) is 0 Å². The monoisotopic (exact) mass is 334 g/mol. The summed E-state index contributed by atoms with van der Waals surface area (Å²) in [7, 11) is 0. The summed E-state index contributed by atoms with van der Waals surface area (Å²) in [5.41, 5.74) is 4.24. The fourth-order valence-corrected chi connectivity index (χ4v) is 3.37. The highest BCUT2D eigenvalue weighted by Crippen LogP contribution is 2.31. The fourth-order valence-electron chi connectivity index (χ4n) is 3.37. The molecule has 0 radical (unpaired) electrons. The molecule has 1 aliphatic rings. The summed E-state index contributed by atoms with van der Waals surface area (Å²) < 4.78 is 15.1. The van der Waals surface area contributed by atoms with Crippen LogP contribution in [-0.4, -0.2) is 24.7 Å². The van der Waals surface area contributed by atoms with Crippen LogP contribution in [-0.2, 0) is 19.6 Å². The van der Waals surface area contributed by atoms with Crippen molar-refractivity contribution in [2.24, 2.45) is 0 Å². The third kappa shape index (κ3) is 2.36. The summed E-state index contributed by atoms with van der Waals surface area (Å²) in [5, 5.41) is 5.51. The molecule has 5 rings (SSSR count). The van der Waals surface area contributed by atoms with Gasteiger partial charge in [0.1, 0.15) is 23.6 Å². The molecule has 0 fully saturated rings. The Hall–Kier alpha value is -3.22. The smallest absolute Gasteiger partial charge is 0.142 e. The molecule has 1 N–H and O–H groups in total. The van der Waals surface area contributed by atoms with Crippen molar-refractivity contribution >= 4 is 16.9 Å². The van der Waals surface area contributed by atoms with Crippen LogP contribution in [0.15, 0.2) is 49.1 Å². The molecule has 124 valence electrons. The highest BCUT2D eigenvalue weighted by molar-refractivity contribution is 5.87. The van der Waals surface area contributed by atoms with Gasteiger partial charge in [-0.05, 0) is 23.8 Å². The molecule has 1 aliphatic heterocycles. The number of nitrogens with zero attached hydrogens (tertiary/aromatic N) is 5. The van der Waals surface area contributed by atoms with Crippen LogP contribution in [0.5, 0.6) is 0 Å². The third-order valence-corrected chi connectivity index (χ3v) is 4.62. The minimum absolute atomic E-state index is 0.222. The summed E-state index contributed by atoms with van der Waals surface area (Å²) in [6, 6.07) is 8.55. The van der Waals surface area contributed by atoms with Gasteiger partial charge in [0.2, 0.25) is 0 Å². The van der Waals surface area contributed by atoms with Crippen LogP contribution < -0.4 is 4.90 Å². The maximum absolute atomic E-state index is 13.1. The number of hydrogen-bond acceptors (Lipinski definition) is 4. The maximum atomic E-state index is 13.1. The summed E-state index contributed by atoms with van der Waals surface area (Å²) in [5.74, 6) is 0.704. The Bertz CT molecular complexity index is 1050. The molecule has 0 spiro atoms. The molecule has 6 nitrogen and oxygen atoms in total. The van der Waals surface area contributed by atoms with E-state index in [0.29, 0.717) is 6.54 Å². The van der Waals surface area contributed by atoms with Crippen LogP contribution in [0, 0.1) is 5.82 Å². The second-order valence-corrected chi connectivity index (χ2v) is 6.19. The molecule has 0 saturated heterocycles. The normalized spacial score (nSPS) is 13.6. The van der Waals surface area contributed by atoms with Crippen molar-refractivity contribution in [2.45, 2.75) is 19.6 Å². The lowest BCUT2D eigenvalue weighted by molar-refractivity contribution is 0.620. The first-order chi connectivity index (χ1) is 12.3. The van der Waals surface area contributed by atoms with Gasteiger partial charge >= 0.3 is 0 Å². The van der Waals surface area contributed by atoms with Gasteiger partial charge in [-0.15, -0.1) is 0 Å². The zero-order valence-corrected chi connectivity index (χ0v) is 13.4. The fraction of sp³-hybridized carbons (Fsp3) is 0.167. The second kappa shape index (κ2) is 5.41. The van der Waals surface area contributed by atoms with E-state index in [1.54, 1.807) is 18.5 Å². The Morgan fingerprint density at radius 1 is 1.08 bits per heavy atom. The van der Waals surface area contributed by atoms with E-state index < -0.39 is 0 Å². The van der Waals surface area contributed by atoms with Crippen LogP contribution >= 0.6 is 0 Å². The molecule has 1 aromatic carbocycles. The number of aromatic amines is 1. The molecule has 0 amide bonds. The van der Waals surface area contributed by atoms with Gasteiger partial charge in [-0.25, -0.2) is 14.4 Å². The van der Waals surface area contributed by atoms with Crippen molar-refractivity contribution in [1.29, 1.82) is 0 Å². The van der Waals surface area contributed by atoms with E-state index in [-0.39, 0.29) is 5.82 Å². The van der Waals surface area contributed by atoms with Gasteiger partial charge in [-0.2, -0.15) is 5.10 Å². The van der Waals surface area contributed by atoms with Crippen LogP contribution in [0.25, 0.3) is 11.0 Å². The van der Waals surface area contributed by atoms with E-state index in [2.05, 4.69) is 25.0 Å². The van der Waals surface area contributed by atoms with Crippen molar-refractivity contribution in [1.82, 2.24) is 24.7 Å². The Balaban J connectivity index is 1.44. The second-order valence-electron chi connectivity index (χ2n) is 6.19. The van der Waals surface area contributed by atoms with Gasteiger partial charge in [0.05, 0.1) is 30.4 Å². The Morgan fingerprint density at radius 2 is 1.96 bits per heavy atom. The van der Waals surface area contributed by atoms with E-state index in [1.165, 1.54) is 23.4 Å². The lowest BCUT2D eigenvalue weighted by Gasteiger charge is -2.17. The lowest BCUT2D eigenvalue weighted by atomic mass is 10.2. The summed E-state index contributed by atoms with van der Waals surface area (Å²) >= 11 is 0. The molecule has 0 aliphatic carbocycles. The maximum Gasteiger partial charge on any atom is 0.142 e. The zero-order valence-electron chi connectivity index (χ0n) is 13.4. The topological polar surface area (TPSA) is 62.6 Å². The minimum Gasteiger partial charge on any atom is -0.346 e. The molecule has 3 aromatic heterocycles. The van der Waals surface area contributed by atoms with Gasteiger partial charge in [0.25, 0.3) is 0 Å². The Morgan fingerprint density at radius 3 is 2.84 bits per heavy atom. The number of rotatable bonds is 3. The van der Waals surface area contributed by atoms with Crippen LogP contribution in [0.3, 0.4) is 0 Å². The first-order valence-electron chi connectivity index (χ1n) is 8.09. The molecule has 7 heteroatoms. The largest absolute Gasteiger partial charge is 0.346 e. The van der Waals surface area contributed by atoms with E-state index in [0.717, 1.165) is 35.5 Å². The molecular formula is C18H15FN6. The Kier molecular flexibility index (Phi) is 3.06. The number of halogens is 1. The van der Waals surface area contributed by atoms with E-state index in [4.69, 9.17) is 0 Å². The average Bonchev–Trinajstić information content (AvgIpc) is 3.33. The molecule has 0 bridgehead atoms. The molecule has 0 atom stereocenters. The van der Waals surface area contributed by atoms with Crippen molar-refractivity contribution in [3.05, 3.63) is 71.7 Å². The average molecular weight is 334 g/mol. The van der Waals surface area contributed by atoms with Gasteiger partial charge in [-0.3, -0.25) is 4.68 Å². The van der Waals surface area contributed by atoms with Gasteiger partial charge in [0.15, 0.2) is 0 Å². The number of benzene rings is 1. The van der Waals surface area contributed by atoms with E-state index in [1.807, 2.05) is 23.1 Å². The number of aromatic nitrogens is 5. The van der Waals surface area contributed by atoms with E-state index in [9.17, 15) is 4.39 Å². The minimum atomic E-state index is -0.222. The quantitative estimate of drug-likeness (QED) is 0.626. The van der Waals surface area contributed by atoms with Crippen molar-refractivity contribution in [2.75, 3.05) is 4.90 Å². The first kappa shape index (κ1) is 14.2. The summed E-state index contributed by atoms with van der Waals surface area (Å²) in [4.78, 5) is 14.1. The number of hydrogen-bond donors (Lipinski definition) is 1. The van der Waals surface area contributed by atoms with Crippen molar-refractivity contribution in [3.63, 3.8) is 0 Å². The number of anilines is 1. The lowest BCUT2D eigenvalue weighted by Crippen LogP contribution is -2.18. The molecule has 25 heavy (non-hydrogen) atoms. The van der Waals surface area contributed by atoms with Crippen LogP contribution in [0.4, 0.5) is 10.2 Å². The van der Waals surface area contributed by atoms with Gasteiger partial charge in [-0.1, -0.05) is 12.1 Å². The van der Waals surface area contributed by atoms with Crippen molar-refractivity contribution < 1.29 is 4.39 Å². The highest BCUT2D eigenvalue weighted by atomic mass is 19.1. The molecular weight excluding hydrogens is 319 g/mol. The zero-order chi connectivity index (χ0) is 16.8. The highest BCUT2D eigenvalue weighted by Gasteiger charge is 2.26. The van der Waals surface area contributed by atoms with Crippen molar-refractivity contribution in [3.8, 4) is 0 Å². The predicted octanol–water partition coefficient (Wildman–Crippen LogP) is 2.86. The summed E-state index contributed by atoms with van der Waals surface area (Å²) in [6.07, 6.45) is 5.37. The van der Waals surface area contributed by atoms with Gasteiger partial charge in [0, 0.05) is 18.3 Å². The number of fused-ring (bicyclic) bond motifs is 2. The Labute approximate surface area is 142 Å². The van der Waals surface area contributed by atoms with Gasteiger partial charge < -0.3 is 9.88 Å². The van der Waals surface area contributed by atoms with E-state index >= 15 is 0 Å². The predicted molar refractivity (Wildman–Crippen MR) is 91.5 cm³/mol. The third-order valence-electron chi connectivity index (χ3n) is 4.62. The number of nitrogens with one attached hydrogen (secondary N) is 1. The first-order valence-corrected chi connectivity index (χ1v) is 8.09.